The van der Waals surface area contributed by atoms with Crippen molar-refractivity contribution in [1.82, 2.24) is 9.97 Å². The van der Waals surface area contributed by atoms with Crippen LogP contribution in [0.4, 0.5) is 0 Å². The monoisotopic (exact) mass is 195 g/mol. The molecule has 0 saturated carbocycles. The van der Waals surface area contributed by atoms with E-state index in [2.05, 4.69) is 21.3 Å². The summed E-state index contributed by atoms with van der Waals surface area (Å²) in [5.41, 5.74) is 5.37. The van der Waals surface area contributed by atoms with Crippen molar-refractivity contribution in [3.63, 3.8) is 0 Å². The average Bonchev–Trinajstić information content (AvgIpc) is 2.68. The van der Waals surface area contributed by atoms with Crippen LogP contribution in [0.15, 0.2) is 25.2 Å². The van der Waals surface area contributed by atoms with E-state index in [1.807, 2.05) is 0 Å². The Balaban J connectivity index is 2.81. The van der Waals surface area contributed by atoms with Gasteiger partial charge in [0.15, 0.2) is 0 Å². The largest absolute Gasteiger partial charge is 0.467 e. The molecule has 14 heavy (non-hydrogen) atoms. The van der Waals surface area contributed by atoms with Crippen LogP contribution in [0, 0.1) is 0 Å². The third-order valence-electron chi connectivity index (χ3n) is 1.97. The van der Waals surface area contributed by atoms with E-state index >= 15 is 0 Å². The number of nitrogens with one attached hydrogen (secondary N) is 1. The molecule has 1 aromatic rings. The van der Waals surface area contributed by atoms with Crippen molar-refractivity contribution in [1.29, 1.82) is 0 Å². The second-order valence-electron chi connectivity index (χ2n) is 2.99. The molecule has 0 bridgehead atoms. The number of rotatable bonds is 4. The molecule has 0 amide bonds. The third kappa shape index (κ3) is 2.00. The van der Waals surface area contributed by atoms with E-state index < -0.39 is 11.5 Å². The van der Waals surface area contributed by atoms with Gasteiger partial charge >= 0.3 is 5.97 Å². The lowest BCUT2D eigenvalue weighted by atomic mass is 9.95. The zero-order valence-corrected chi connectivity index (χ0v) is 7.99. The Bertz CT molecular complexity index is 321. The normalized spacial score (nSPS) is 14.4. The lowest BCUT2D eigenvalue weighted by Crippen LogP contribution is -2.48. The van der Waals surface area contributed by atoms with Crippen LogP contribution in [-0.2, 0) is 16.0 Å². The SMILES string of the molecule is C=CC(N)(Cc1cnc[nH]1)C(=O)OC. The molecule has 1 atom stereocenters. The first-order chi connectivity index (χ1) is 6.62. The fraction of sp³-hybridized carbons (Fsp3) is 0.333. The van der Waals surface area contributed by atoms with Crippen LogP contribution in [0.3, 0.4) is 0 Å². The lowest BCUT2D eigenvalue weighted by molar-refractivity contribution is -0.145. The number of carbonyl (C=O) groups excluding carboxylic acids is 1. The van der Waals surface area contributed by atoms with E-state index in [1.54, 1.807) is 6.20 Å². The fourth-order valence-electron chi connectivity index (χ4n) is 1.11. The van der Waals surface area contributed by atoms with Crippen LogP contribution >= 0.6 is 0 Å². The van der Waals surface area contributed by atoms with Gasteiger partial charge in [-0.1, -0.05) is 6.08 Å². The number of imidazole rings is 1. The van der Waals surface area contributed by atoms with E-state index in [1.165, 1.54) is 19.5 Å². The Kier molecular flexibility index (Phi) is 3.03. The van der Waals surface area contributed by atoms with Gasteiger partial charge in [0, 0.05) is 18.3 Å². The highest BCUT2D eigenvalue weighted by Gasteiger charge is 2.32. The highest BCUT2D eigenvalue weighted by Crippen LogP contribution is 2.11. The second kappa shape index (κ2) is 4.06. The van der Waals surface area contributed by atoms with Gasteiger partial charge in [0.1, 0.15) is 5.54 Å². The molecular formula is C9H13N3O2. The van der Waals surface area contributed by atoms with E-state index in [4.69, 9.17) is 5.73 Å². The molecule has 0 fully saturated rings. The zero-order chi connectivity index (χ0) is 10.6. The number of hydrogen-bond donors (Lipinski definition) is 2. The van der Waals surface area contributed by atoms with Crippen molar-refractivity contribution >= 4 is 5.97 Å². The summed E-state index contributed by atoms with van der Waals surface area (Å²) in [7, 11) is 1.29. The molecule has 0 radical (unpaired) electrons. The third-order valence-corrected chi connectivity index (χ3v) is 1.97. The second-order valence-corrected chi connectivity index (χ2v) is 2.99. The van der Waals surface area contributed by atoms with E-state index in [-0.39, 0.29) is 0 Å². The quantitative estimate of drug-likeness (QED) is 0.523. The summed E-state index contributed by atoms with van der Waals surface area (Å²) >= 11 is 0. The maximum atomic E-state index is 11.3. The molecule has 0 aliphatic rings. The van der Waals surface area contributed by atoms with Gasteiger partial charge in [-0.05, 0) is 0 Å². The number of ether oxygens (including phenoxy) is 1. The van der Waals surface area contributed by atoms with Crippen LogP contribution in [0.2, 0.25) is 0 Å². The Morgan fingerprint density at radius 3 is 3.07 bits per heavy atom. The minimum Gasteiger partial charge on any atom is -0.467 e. The fourth-order valence-corrected chi connectivity index (χ4v) is 1.11. The summed E-state index contributed by atoms with van der Waals surface area (Å²) in [6.45, 7) is 3.52. The van der Waals surface area contributed by atoms with Gasteiger partial charge in [0.25, 0.3) is 0 Å². The van der Waals surface area contributed by atoms with E-state index in [0.29, 0.717) is 6.42 Å². The molecule has 3 N–H and O–H groups in total. The number of aromatic amines is 1. The van der Waals surface area contributed by atoms with Crippen molar-refractivity contribution in [2.75, 3.05) is 7.11 Å². The Labute approximate surface area is 82.0 Å². The summed E-state index contributed by atoms with van der Waals surface area (Å²) < 4.78 is 4.59. The predicted octanol–water partition coefficient (Wildman–Crippen LogP) is 0.00870. The standard InChI is InChI=1S/C9H13N3O2/c1-3-9(10,8(13)14-2)4-7-5-11-6-12-7/h3,5-6H,1,4,10H2,2H3,(H,11,12). The van der Waals surface area contributed by atoms with Crippen LogP contribution in [0.1, 0.15) is 5.69 Å². The Hall–Kier alpha value is -1.62. The van der Waals surface area contributed by atoms with Gasteiger partial charge in [-0.25, -0.2) is 9.78 Å². The number of nitrogens with two attached hydrogens (primary N) is 1. The van der Waals surface area contributed by atoms with Crippen LogP contribution < -0.4 is 5.73 Å². The number of carbonyl (C=O) groups is 1. The van der Waals surface area contributed by atoms with Gasteiger partial charge in [-0.15, -0.1) is 6.58 Å². The smallest absolute Gasteiger partial charge is 0.330 e. The molecule has 5 nitrogen and oxygen atoms in total. The van der Waals surface area contributed by atoms with E-state index in [9.17, 15) is 4.79 Å². The zero-order valence-electron chi connectivity index (χ0n) is 7.99. The summed E-state index contributed by atoms with van der Waals surface area (Å²) in [4.78, 5) is 18.0. The highest BCUT2D eigenvalue weighted by atomic mass is 16.5. The van der Waals surface area contributed by atoms with Crippen molar-refractivity contribution < 1.29 is 9.53 Å². The summed E-state index contributed by atoms with van der Waals surface area (Å²) in [6.07, 6.45) is 4.80. The molecule has 1 rings (SSSR count). The van der Waals surface area contributed by atoms with Crippen molar-refractivity contribution in [2.24, 2.45) is 5.73 Å². The first-order valence-corrected chi connectivity index (χ1v) is 4.10. The molecule has 1 unspecified atom stereocenters. The Morgan fingerprint density at radius 1 is 1.93 bits per heavy atom. The molecule has 76 valence electrons. The molecule has 0 aliphatic carbocycles. The molecule has 1 heterocycles. The van der Waals surface area contributed by atoms with Gasteiger partial charge < -0.3 is 15.5 Å². The van der Waals surface area contributed by atoms with Gasteiger partial charge in [-0.2, -0.15) is 0 Å². The Morgan fingerprint density at radius 2 is 2.64 bits per heavy atom. The number of nitrogens with zero attached hydrogens (tertiary/aromatic N) is 1. The van der Waals surface area contributed by atoms with Crippen LogP contribution in [-0.4, -0.2) is 28.6 Å². The molecule has 1 aromatic heterocycles. The summed E-state index contributed by atoms with van der Waals surface area (Å²) in [6, 6.07) is 0. The topological polar surface area (TPSA) is 81.0 Å². The maximum Gasteiger partial charge on any atom is 0.330 e. The van der Waals surface area contributed by atoms with Gasteiger partial charge in [0.05, 0.1) is 13.4 Å². The van der Waals surface area contributed by atoms with Crippen molar-refractivity contribution in [3.8, 4) is 0 Å². The number of hydrogen-bond acceptors (Lipinski definition) is 4. The lowest BCUT2D eigenvalue weighted by Gasteiger charge is -2.21. The number of esters is 1. The van der Waals surface area contributed by atoms with Crippen molar-refractivity contribution in [3.05, 3.63) is 30.9 Å². The minimum absolute atomic E-state index is 0.295. The van der Waals surface area contributed by atoms with Crippen molar-refractivity contribution in [2.45, 2.75) is 12.0 Å². The molecule has 0 aliphatic heterocycles. The first-order valence-electron chi connectivity index (χ1n) is 4.10. The summed E-state index contributed by atoms with van der Waals surface area (Å²) in [5.74, 6) is -0.512. The highest BCUT2D eigenvalue weighted by molar-refractivity contribution is 5.83. The maximum absolute atomic E-state index is 11.3. The van der Waals surface area contributed by atoms with Crippen LogP contribution in [0.5, 0.6) is 0 Å². The number of methoxy groups -OCH3 is 1. The number of aromatic nitrogens is 2. The predicted molar refractivity (Wildman–Crippen MR) is 51.4 cm³/mol. The number of H-pyrrole nitrogens is 1. The van der Waals surface area contributed by atoms with Gasteiger partial charge in [-0.3, -0.25) is 0 Å². The summed E-state index contributed by atoms with van der Waals surface area (Å²) in [5, 5.41) is 0. The average molecular weight is 195 g/mol. The first kappa shape index (κ1) is 10.5. The molecule has 0 aromatic carbocycles. The van der Waals surface area contributed by atoms with E-state index in [0.717, 1.165) is 5.69 Å². The van der Waals surface area contributed by atoms with Crippen LogP contribution in [0.25, 0.3) is 0 Å². The molecule has 0 saturated heterocycles. The molecular weight excluding hydrogens is 182 g/mol. The molecule has 0 spiro atoms. The minimum atomic E-state index is -1.19. The molecule has 5 heteroatoms. The van der Waals surface area contributed by atoms with Gasteiger partial charge in [0.2, 0.25) is 0 Å².